The summed E-state index contributed by atoms with van der Waals surface area (Å²) in [4.78, 5) is 4.22. The smallest absolute Gasteiger partial charge is 0.0338 e. The molecule has 0 aliphatic heterocycles. The van der Waals surface area contributed by atoms with Crippen LogP contribution in [0.2, 0.25) is 0 Å². The van der Waals surface area contributed by atoms with Gasteiger partial charge in [-0.05, 0) is 30.5 Å². The third-order valence-electron chi connectivity index (χ3n) is 3.58. The predicted molar refractivity (Wildman–Crippen MR) is 67.2 cm³/mol. The van der Waals surface area contributed by atoms with Crippen molar-refractivity contribution in [2.75, 3.05) is 6.54 Å². The van der Waals surface area contributed by atoms with Crippen LogP contribution in [0.1, 0.15) is 50.6 Å². The summed E-state index contributed by atoms with van der Waals surface area (Å²) < 4.78 is 0. The summed E-state index contributed by atoms with van der Waals surface area (Å²) in [5.41, 5.74) is 1.34. The molecule has 0 radical (unpaired) electrons. The first-order valence-corrected chi connectivity index (χ1v) is 6.53. The molecule has 88 valence electrons. The van der Waals surface area contributed by atoms with Gasteiger partial charge in [-0.15, -0.1) is 0 Å². The summed E-state index contributed by atoms with van der Waals surface area (Å²) >= 11 is 0. The number of hydrogen-bond acceptors (Lipinski definition) is 2. The van der Waals surface area contributed by atoms with Crippen LogP contribution in [0.15, 0.2) is 24.5 Å². The fourth-order valence-electron chi connectivity index (χ4n) is 2.75. The fraction of sp³-hybridized carbons (Fsp3) is 0.643. The average molecular weight is 218 g/mol. The van der Waals surface area contributed by atoms with Crippen molar-refractivity contribution in [3.63, 3.8) is 0 Å². The summed E-state index contributed by atoms with van der Waals surface area (Å²) in [7, 11) is 0. The van der Waals surface area contributed by atoms with Gasteiger partial charge in [0.05, 0.1) is 0 Å². The highest BCUT2D eigenvalue weighted by Gasteiger charge is 2.20. The molecule has 1 N–H and O–H groups in total. The van der Waals surface area contributed by atoms with Gasteiger partial charge in [-0.2, -0.15) is 0 Å². The molecule has 1 aliphatic rings. The van der Waals surface area contributed by atoms with Crippen molar-refractivity contribution < 1.29 is 0 Å². The number of rotatable bonds is 5. The van der Waals surface area contributed by atoms with Crippen LogP contribution >= 0.6 is 0 Å². The van der Waals surface area contributed by atoms with E-state index in [1.54, 1.807) is 0 Å². The third kappa shape index (κ3) is 3.05. The molecule has 2 heteroatoms. The van der Waals surface area contributed by atoms with E-state index in [2.05, 4.69) is 23.3 Å². The molecule has 16 heavy (non-hydrogen) atoms. The maximum absolute atomic E-state index is 4.22. The highest BCUT2D eigenvalue weighted by Crippen LogP contribution is 2.32. The lowest BCUT2D eigenvalue weighted by Crippen LogP contribution is -2.23. The van der Waals surface area contributed by atoms with Gasteiger partial charge in [0.2, 0.25) is 0 Å². The molecular weight excluding hydrogens is 196 g/mol. The minimum Gasteiger partial charge on any atom is -0.310 e. The van der Waals surface area contributed by atoms with Crippen molar-refractivity contribution in [2.45, 2.75) is 45.1 Å². The molecule has 0 amide bonds. The first-order chi connectivity index (χ1) is 7.90. The van der Waals surface area contributed by atoms with Crippen LogP contribution in [0.25, 0.3) is 0 Å². The van der Waals surface area contributed by atoms with Crippen molar-refractivity contribution in [1.82, 2.24) is 10.3 Å². The van der Waals surface area contributed by atoms with E-state index in [9.17, 15) is 0 Å². The normalized spacial score (nSPS) is 18.8. The Bertz CT molecular complexity index is 291. The lowest BCUT2D eigenvalue weighted by Gasteiger charge is -2.21. The highest BCUT2D eigenvalue weighted by molar-refractivity contribution is 5.14. The monoisotopic (exact) mass is 218 g/mol. The Labute approximate surface area is 98.5 Å². The van der Waals surface area contributed by atoms with E-state index in [1.807, 2.05) is 18.5 Å². The molecule has 1 atom stereocenters. The van der Waals surface area contributed by atoms with E-state index in [0.717, 1.165) is 12.5 Å². The standard InChI is InChI=1S/C14H22N2/c1-2-16-14(10-12-6-3-4-7-12)13-8-5-9-15-11-13/h5,8-9,11-12,14,16H,2-4,6-7,10H2,1H3. The summed E-state index contributed by atoms with van der Waals surface area (Å²) in [6.45, 7) is 3.21. The molecule has 1 fully saturated rings. The molecule has 1 aromatic heterocycles. The number of aromatic nitrogens is 1. The highest BCUT2D eigenvalue weighted by atomic mass is 14.9. The van der Waals surface area contributed by atoms with Gasteiger partial charge in [0.15, 0.2) is 0 Å². The van der Waals surface area contributed by atoms with Gasteiger partial charge in [-0.3, -0.25) is 4.98 Å². The van der Waals surface area contributed by atoms with Gasteiger partial charge in [-0.25, -0.2) is 0 Å². The van der Waals surface area contributed by atoms with Gasteiger partial charge in [0.25, 0.3) is 0 Å². The first-order valence-electron chi connectivity index (χ1n) is 6.53. The van der Waals surface area contributed by atoms with E-state index < -0.39 is 0 Å². The van der Waals surface area contributed by atoms with E-state index in [4.69, 9.17) is 0 Å². The molecular formula is C14H22N2. The lowest BCUT2D eigenvalue weighted by atomic mass is 9.94. The minimum atomic E-state index is 0.502. The number of nitrogens with one attached hydrogen (secondary N) is 1. The van der Waals surface area contributed by atoms with Crippen LogP contribution in [-0.2, 0) is 0 Å². The minimum absolute atomic E-state index is 0.502. The van der Waals surface area contributed by atoms with E-state index >= 15 is 0 Å². The second kappa shape index (κ2) is 6.00. The summed E-state index contributed by atoms with van der Waals surface area (Å²) in [5, 5.41) is 3.59. The molecule has 0 bridgehead atoms. The van der Waals surface area contributed by atoms with Crippen molar-refractivity contribution in [2.24, 2.45) is 5.92 Å². The van der Waals surface area contributed by atoms with Crippen LogP contribution in [-0.4, -0.2) is 11.5 Å². The van der Waals surface area contributed by atoms with Gasteiger partial charge < -0.3 is 5.32 Å². The molecule has 0 aromatic carbocycles. The van der Waals surface area contributed by atoms with Crippen LogP contribution in [0.5, 0.6) is 0 Å². The molecule has 1 aromatic rings. The quantitative estimate of drug-likeness (QED) is 0.820. The van der Waals surface area contributed by atoms with Crippen molar-refractivity contribution >= 4 is 0 Å². The van der Waals surface area contributed by atoms with Crippen LogP contribution < -0.4 is 5.32 Å². The zero-order valence-corrected chi connectivity index (χ0v) is 10.2. The van der Waals surface area contributed by atoms with Gasteiger partial charge >= 0.3 is 0 Å². The Morgan fingerprint density at radius 3 is 2.88 bits per heavy atom. The molecule has 1 aliphatic carbocycles. The van der Waals surface area contributed by atoms with E-state index in [1.165, 1.54) is 37.7 Å². The summed E-state index contributed by atoms with van der Waals surface area (Å²) in [6, 6.07) is 4.73. The van der Waals surface area contributed by atoms with Crippen molar-refractivity contribution in [3.8, 4) is 0 Å². The Kier molecular flexibility index (Phi) is 4.34. The number of nitrogens with zero attached hydrogens (tertiary/aromatic N) is 1. The lowest BCUT2D eigenvalue weighted by molar-refractivity contribution is 0.400. The van der Waals surface area contributed by atoms with E-state index in [0.29, 0.717) is 6.04 Å². The van der Waals surface area contributed by atoms with Crippen LogP contribution in [0.3, 0.4) is 0 Å². The second-order valence-electron chi connectivity index (χ2n) is 4.78. The Balaban J connectivity index is 1.99. The largest absolute Gasteiger partial charge is 0.310 e. The average Bonchev–Trinajstić information content (AvgIpc) is 2.83. The maximum atomic E-state index is 4.22. The number of pyridine rings is 1. The van der Waals surface area contributed by atoms with Crippen molar-refractivity contribution in [1.29, 1.82) is 0 Å². The predicted octanol–water partition coefficient (Wildman–Crippen LogP) is 3.31. The second-order valence-corrected chi connectivity index (χ2v) is 4.78. The zero-order valence-electron chi connectivity index (χ0n) is 10.2. The molecule has 1 saturated carbocycles. The summed E-state index contributed by atoms with van der Waals surface area (Å²) in [6.07, 6.45) is 10.8. The Morgan fingerprint density at radius 2 is 2.25 bits per heavy atom. The molecule has 1 unspecified atom stereocenters. The third-order valence-corrected chi connectivity index (χ3v) is 3.58. The van der Waals surface area contributed by atoms with Crippen LogP contribution in [0, 0.1) is 5.92 Å². The summed E-state index contributed by atoms with van der Waals surface area (Å²) in [5.74, 6) is 0.921. The SMILES string of the molecule is CCNC(CC1CCCC1)c1cccnc1. The number of hydrogen-bond donors (Lipinski definition) is 1. The van der Waals surface area contributed by atoms with Gasteiger partial charge in [-0.1, -0.05) is 38.7 Å². The first kappa shape index (κ1) is 11.6. The molecule has 2 rings (SSSR count). The molecule has 2 nitrogen and oxygen atoms in total. The molecule has 1 heterocycles. The Morgan fingerprint density at radius 1 is 1.44 bits per heavy atom. The fourth-order valence-corrected chi connectivity index (χ4v) is 2.75. The molecule has 0 spiro atoms. The van der Waals surface area contributed by atoms with Gasteiger partial charge in [0.1, 0.15) is 0 Å². The van der Waals surface area contributed by atoms with Crippen molar-refractivity contribution in [3.05, 3.63) is 30.1 Å². The maximum Gasteiger partial charge on any atom is 0.0338 e. The molecule has 0 saturated heterocycles. The Hall–Kier alpha value is -0.890. The topological polar surface area (TPSA) is 24.9 Å². The zero-order chi connectivity index (χ0) is 11.2. The van der Waals surface area contributed by atoms with Crippen LogP contribution in [0.4, 0.5) is 0 Å². The van der Waals surface area contributed by atoms with E-state index in [-0.39, 0.29) is 0 Å². The van der Waals surface area contributed by atoms with Gasteiger partial charge in [0, 0.05) is 18.4 Å².